The molecule has 0 saturated carbocycles. The molecule has 154 valence electrons. The van der Waals surface area contributed by atoms with Crippen LogP contribution in [-0.2, 0) is 18.9 Å². The Kier molecular flexibility index (Phi) is 6.10. The minimum atomic E-state index is -1.23. The molecular formula is C24H27FO4. The number of hydrogen-bond acceptors (Lipinski definition) is 4. The maximum atomic E-state index is 13.9. The predicted octanol–water partition coefficient (Wildman–Crippen LogP) is 5.40. The summed E-state index contributed by atoms with van der Waals surface area (Å²) in [6, 6.07) is 4.92. The van der Waals surface area contributed by atoms with Crippen LogP contribution in [0.25, 0.3) is 11.1 Å². The Morgan fingerprint density at radius 3 is 2.10 bits per heavy atom. The number of methoxy groups -OCH3 is 4. The highest BCUT2D eigenvalue weighted by Crippen LogP contribution is 2.44. The van der Waals surface area contributed by atoms with Crippen molar-refractivity contribution in [2.45, 2.75) is 26.1 Å². The van der Waals surface area contributed by atoms with Gasteiger partial charge in [0, 0.05) is 14.2 Å². The fraction of sp³-hybridized carbons (Fsp3) is 0.333. The van der Waals surface area contributed by atoms with Gasteiger partial charge in [-0.15, -0.1) is 0 Å². The number of hydrogen-bond donors (Lipinski definition) is 0. The van der Waals surface area contributed by atoms with Gasteiger partial charge in [0.25, 0.3) is 5.79 Å². The molecule has 3 rings (SSSR count). The van der Waals surface area contributed by atoms with E-state index in [4.69, 9.17) is 18.9 Å². The van der Waals surface area contributed by atoms with E-state index >= 15 is 0 Å². The van der Waals surface area contributed by atoms with E-state index in [1.54, 1.807) is 20.3 Å². The minimum Gasteiger partial charge on any atom is -0.495 e. The number of fused-ring (bicyclic) bond motifs is 1. The van der Waals surface area contributed by atoms with Crippen LogP contribution in [0, 0.1) is 5.82 Å². The van der Waals surface area contributed by atoms with Crippen LogP contribution < -0.4 is 0 Å². The van der Waals surface area contributed by atoms with Crippen molar-refractivity contribution in [1.82, 2.24) is 0 Å². The van der Waals surface area contributed by atoms with Crippen LogP contribution in [0.5, 0.6) is 0 Å². The van der Waals surface area contributed by atoms with Crippen LogP contribution in [-0.4, -0.2) is 34.2 Å². The Balaban J connectivity index is 2.17. The molecule has 0 fully saturated rings. The molecule has 0 unspecified atom stereocenters. The highest BCUT2D eigenvalue weighted by atomic mass is 19.1. The largest absolute Gasteiger partial charge is 0.495 e. The fourth-order valence-electron chi connectivity index (χ4n) is 3.95. The molecule has 1 aromatic carbocycles. The van der Waals surface area contributed by atoms with Gasteiger partial charge in [-0.3, -0.25) is 0 Å². The standard InChI is InChI=1S/C24H27FO4/c1-7-8-18-15(2)20(19-10-9-17(25)14-21(18)19)11-16-12-22(26-3)24(28-5,29-6)23(13-16)27-4/h8-14H,7H2,1-6H3/b18-8+. The lowest BCUT2D eigenvalue weighted by Gasteiger charge is -2.35. The monoisotopic (exact) mass is 398 g/mol. The molecule has 5 heteroatoms. The van der Waals surface area contributed by atoms with Crippen molar-refractivity contribution in [3.63, 3.8) is 0 Å². The van der Waals surface area contributed by atoms with Crippen LogP contribution >= 0.6 is 0 Å². The summed E-state index contributed by atoms with van der Waals surface area (Å²) in [6.45, 7) is 4.14. The third-order valence-corrected chi connectivity index (χ3v) is 5.35. The van der Waals surface area contributed by atoms with E-state index in [0.717, 1.165) is 39.8 Å². The molecule has 1 aromatic rings. The third-order valence-electron chi connectivity index (χ3n) is 5.35. The molecule has 0 bridgehead atoms. The van der Waals surface area contributed by atoms with E-state index < -0.39 is 5.79 Å². The maximum Gasteiger partial charge on any atom is 0.287 e. The second kappa shape index (κ2) is 8.39. The van der Waals surface area contributed by atoms with E-state index in [0.29, 0.717) is 11.5 Å². The van der Waals surface area contributed by atoms with Crippen molar-refractivity contribution in [2.24, 2.45) is 0 Å². The molecule has 0 atom stereocenters. The summed E-state index contributed by atoms with van der Waals surface area (Å²) < 4.78 is 36.2. The average Bonchev–Trinajstić information content (AvgIpc) is 2.98. The van der Waals surface area contributed by atoms with Crippen molar-refractivity contribution < 1.29 is 23.3 Å². The van der Waals surface area contributed by atoms with Crippen molar-refractivity contribution in [2.75, 3.05) is 28.4 Å². The number of rotatable bonds is 6. The van der Waals surface area contributed by atoms with Gasteiger partial charge in [-0.1, -0.05) is 19.1 Å². The van der Waals surface area contributed by atoms with E-state index in [2.05, 4.69) is 26.0 Å². The highest BCUT2D eigenvalue weighted by Gasteiger charge is 2.44. The molecule has 0 aromatic heterocycles. The fourth-order valence-corrected chi connectivity index (χ4v) is 3.95. The van der Waals surface area contributed by atoms with Crippen molar-refractivity contribution in [3.05, 3.63) is 82.1 Å². The minimum absolute atomic E-state index is 0.238. The Morgan fingerprint density at radius 2 is 1.59 bits per heavy atom. The maximum absolute atomic E-state index is 13.9. The first-order valence-corrected chi connectivity index (χ1v) is 9.51. The summed E-state index contributed by atoms with van der Waals surface area (Å²) in [5.74, 6) is -0.506. The van der Waals surface area contributed by atoms with Crippen LogP contribution in [0.4, 0.5) is 4.39 Å². The summed E-state index contributed by atoms with van der Waals surface area (Å²) in [7, 11) is 6.20. The Labute approximate surface area is 171 Å². The second-order valence-electron chi connectivity index (χ2n) is 6.85. The molecule has 0 radical (unpaired) electrons. The number of allylic oxidation sites excluding steroid dienone is 8. The van der Waals surface area contributed by atoms with Crippen LogP contribution in [0.3, 0.4) is 0 Å². The summed E-state index contributed by atoms with van der Waals surface area (Å²) in [5, 5.41) is 0. The zero-order valence-electron chi connectivity index (χ0n) is 17.8. The van der Waals surface area contributed by atoms with Gasteiger partial charge < -0.3 is 18.9 Å². The van der Waals surface area contributed by atoms with Crippen molar-refractivity contribution in [1.29, 1.82) is 0 Å². The molecule has 4 nitrogen and oxygen atoms in total. The highest BCUT2D eigenvalue weighted by molar-refractivity contribution is 6.02. The molecule has 0 spiro atoms. The normalized spacial score (nSPS) is 19.1. The SMILES string of the molecule is CC/C=C1\C(C)=C(C=C2C=C(OC)C(OC)(OC)C(OC)=C2)c2ccc(F)cc21. The first-order chi connectivity index (χ1) is 13.9. The second-order valence-corrected chi connectivity index (χ2v) is 6.85. The van der Waals surface area contributed by atoms with Gasteiger partial charge in [-0.05, 0) is 77.1 Å². The zero-order chi connectivity index (χ0) is 21.2. The molecule has 2 aliphatic carbocycles. The summed E-state index contributed by atoms with van der Waals surface area (Å²) in [6.07, 6.45) is 8.78. The Morgan fingerprint density at radius 1 is 0.966 bits per heavy atom. The molecule has 0 N–H and O–H groups in total. The van der Waals surface area contributed by atoms with Crippen molar-refractivity contribution >= 4 is 11.1 Å². The van der Waals surface area contributed by atoms with Gasteiger partial charge in [0.05, 0.1) is 14.2 Å². The lowest BCUT2D eigenvalue weighted by atomic mass is 9.96. The van der Waals surface area contributed by atoms with Gasteiger partial charge in [0.2, 0.25) is 0 Å². The smallest absolute Gasteiger partial charge is 0.287 e. The van der Waals surface area contributed by atoms with E-state index in [-0.39, 0.29) is 5.82 Å². The van der Waals surface area contributed by atoms with E-state index in [1.165, 1.54) is 20.3 Å². The van der Waals surface area contributed by atoms with Gasteiger partial charge in [0.15, 0.2) is 11.5 Å². The van der Waals surface area contributed by atoms with Gasteiger partial charge >= 0.3 is 0 Å². The van der Waals surface area contributed by atoms with Crippen LogP contribution in [0.1, 0.15) is 31.4 Å². The molecule has 2 aliphatic rings. The first kappa shape index (κ1) is 21.1. The molecular weight excluding hydrogens is 371 g/mol. The average molecular weight is 398 g/mol. The van der Waals surface area contributed by atoms with Crippen LogP contribution in [0.2, 0.25) is 0 Å². The van der Waals surface area contributed by atoms with Crippen LogP contribution in [0.15, 0.2) is 65.2 Å². The van der Waals surface area contributed by atoms with Gasteiger partial charge in [-0.25, -0.2) is 4.39 Å². The summed E-state index contributed by atoms with van der Waals surface area (Å²) in [5.41, 5.74) is 6.00. The molecule has 0 saturated heterocycles. The Bertz CT molecular complexity index is 933. The van der Waals surface area contributed by atoms with E-state index in [1.807, 2.05) is 18.2 Å². The number of ether oxygens (including phenoxy) is 4. The predicted molar refractivity (Wildman–Crippen MR) is 112 cm³/mol. The van der Waals surface area contributed by atoms with Gasteiger partial charge in [0.1, 0.15) is 5.82 Å². The number of halogens is 1. The molecule has 0 heterocycles. The Hall–Kier alpha value is -2.63. The first-order valence-electron chi connectivity index (χ1n) is 9.51. The van der Waals surface area contributed by atoms with E-state index in [9.17, 15) is 4.39 Å². The molecule has 0 aliphatic heterocycles. The topological polar surface area (TPSA) is 36.9 Å². The van der Waals surface area contributed by atoms with Gasteiger partial charge in [-0.2, -0.15) is 0 Å². The number of benzene rings is 1. The molecule has 29 heavy (non-hydrogen) atoms. The lowest BCUT2D eigenvalue weighted by molar-refractivity contribution is -0.195. The third kappa shape index (κ3) is 3.45. The quantitative estimate of drug-likeness (QED) is 0.602. The zero-order valence-corrected chi connectivity index (χ0v) is 17.8. The molecule has 0 amide bonds. The summed E-state index contributed by atoms with van der Waals surface area (Å²) >= 11 is 0. The van der Waals surface area contributed by atoms with Crippen molar-refractivity contribution in [3.8, 4) is 0 Å². The summed E-state index contributed by atoms with van der Waals surface area (Å²) in [4.78, 5) is 0. The lowest BCUT2D eigenvalue weighted by Crippen LogP contribution is -2.41.